The predicted molar refractivity (Wildman–Crippen MR) is 67.1 cm³/mol. The van der Waals surface area contributed by atoms with E-state index in [1.54, 1.807) is 6.92 Å². The Morgan fingerprint density at radius 2 is 2.32 bits per heavy atom. The van der Waals surface area contributed by atoms with Crippen LogP contribution >= 0.6 is 11.8 Å². The first-order valence-electron chi connectivity index (χ1n) is 5.81. The molecule has 2 rings (SSSR count). The van der Waals surface area contributed by atoms with Crippen LogP contribution in [0.25, 0.3) is 0 Å². The minimum Gasteiger partial charge on any atom is -0.481 e. The lowest BCUT2D eigenvalue weighted by atomic mass is 10.3. The number of thioether (sulfide) groups is 1. The maximum Gasteiger partial charge on any atom is 0.344 e. The van der Waals surface area contributed by atoms with Crippen LogP contribution in [0, 0.1) is 0 Å². The Morgan fingerprint density at radius 3 is 2.89 bits per heavy atom. The fourth-order valence-corrected chi connectivity index (χ4v) is 2.27. The predicted octanol–water partition coefficient (Wildman–Crippen LogP) is -0.412. The van der Waals surface area contributed by atoms with Crippen LogP contribution in [0.4, 0.5) is 0 Å². The van der Waals surface area contributed by atoms with Gasteiger partial charge in [-0.15, -0.1) is 5.10 Å². The molecule has 1 aromatic heterocycles. The van der Waals surface area contributed by atoms with Gasteiger partial charge in [-0.25, -0.2) is 9.89 Å². The number of H-pyrrole nitrogens is 1. The number of nitrogens with one attached hydrogen (secondary N) is 2. The van der Waals surface area contributed by atoms with Gasteiger partial charge in [0, 0.05) is 6.04 Å². The lowest BCUT2D eigenvalue weighted by molar-refractivity contribution is -0.134. The van der Waals surface area contributed by atoms with E-state index in [1.807, 2.05) is 0 Å². The van der Waals surface area contributed by atoms with Crippen LogP contribution in [0.2, 0.25) is 0 Å². The van der Waals surface area contributed by atoms with Crippen LogP contribution in [-0.2, 0) is 9.59 Å². The van der Waals surface area contributed by atoms with Crippen molar-refractivity contribution in [1.82, 2.24) is 20.1 Å². The van der Waals surface area contributed by atoms with Gasteiger partial charge in [-0.1, -0.05) is 11.8 Å². The van der Waals surface area contributed by atoms with E-state index >= 15 is 0 Å². The summed E-state index contributed by atoms with van der Waals surface area (Å²) in [6.45, 7) is 1.58. The van der Waals surface area contributed by atoms with Gasteiger partial charge in [0.05, 0.1) is 5.75 Å². The molecule has 1 saturated carbocycles. The molecule has 1 aliphatic rings. The largest absolute Gasteiger partial charge is 0.481 e. The minimum absolute atomic E-state index is 0.200. The van der Waals surface area contributed by atoms with E-state index in [9.17, 15) is 14.4 Å². The van der Waals surface area contributed by atoms with Gasteiger partial charge in [-0.3, -0.25) is 14.2 Å². The molecule has 0 spiro atoms. The maximum absolute atomic E-state index is 11.9. The van der Waals surface area contributed by atoms with Crippen molar-refractivity contribution < 1.29 is 14.7 Å². The highest BCUT2D eigenvalue weighted by Crippen LogP contribution is 2.21. The molecule has 3 N–H and O–H groups in total. The molecule has 8 nitrogen and oxygen atoms in total. The number of amides is 1. The van der Waals surface area contributed by atoms with Gasteiger partial charge in [0.15, 0.2) is 5.16 Å². The smallest absolute Gasteiger partial charge is 0.344 e. The maximum atomic E-state index is 11.9. The molecule has 1 fully saturated rings. The van der Waals surface area contributed by atoms with E-state index in [4.69, 9.17) is 5.11 Å². The molecular formula is C10H14N4O4S. The molecule has 1 aromatic rings. The average Bonchev–Trinajstić information content (AvgIpc) is 3.08. The number of carboxylic acids is 1. The van der Waals surface area contributed by atoms with Crippen LogP contribution in [0.3, 0.4) is 0 Å². The van der Waals surface area contributed by atoms with E-state index in [-0.39, 0.29) is 22.9 Å². The van der Waals surface area contributed by atoms with Gasteiger partial charge in [-0.05, 0) is 19.8 Å². The summed E-state index contributed by atoms with van der Waals surface area (Å²) in [5.74, 6) is -1.49. The minimum atomic E-state index is -1.01. The molecule has 0 saturated heterocycles. The van der Waals surface area contributed by atoms with Crippen molar-refractivity contribution in [2.45, 2.75) is 37.0 Å². The fraction of sp³-hybridized carbons (Fsp3) is 0.600. The lowest BCUT2D eigenvalue weighted by Gasteiger charge is -2.13. The molecule has 0 radical (unpaired) electrons. The van der Waals surface area contributed by atoms with E-state index in [0.29, 0.717) is 0 Å². The van der Waals surface area contributed by atoms with E-state index < -0.39 is 17.7 Å². The van der Waals surface area contributed by atoms with Crippen LogP contribution in [0.15, 0.2) is 9.95 Å². The molecule has 104 valence electrons. The van der Waals surface area contributed by atoms with Gasteiger partial charge in [0.1, 0.15) is 6.04 Å². The topological polar surface area (TPSA) is 117 Å². The molecular weight excluding hydrogens is 272 g/mol. The van der Waals surface area contributed by atoms with Gasteiger partial charge in [0.25, 0.3) is 0 Å². The molecule has 0 aliphatic heterocycles. The molecule has 9 heteroatoms. The Kier molecular flexibility index (Phi) is 3.93. The summed E-state index contributed by atoms with van der Waals surface area (Å²) in [6, 6.07) is -0.518. The number of aromatic nitrogens is 3. The summed E-state index contributed by atoms with van der Waals surface area (Å²) >= 11 is 0.897. The first-order valence-corrected chi connectivity index (χ1v) is 6.79. The fourth-order valence-electron chi connectivity index (χ4n) is 1.53. The van der Waals surface area contributed by atoms with Gasteiger partial charge in [0.2, 0.25) is 5.91 Å². The molecule has 1 unspecified atom stereocenters. The average molecular weight is 286 g/mol. The molecule has 19 heavy (non-hydrogen) atoms. The number of carboxylic acid groups (broad SMARTS) is 1. The highest BCUT2D eigenvalue weighted by Gasteiger charge is 2.28. The first kappa shape index (κ1) is 13.7. The van der Waals surface area contributed by atoms with E-state index in [1.165, 1.54) is 4.57 Å². The second-order valence-electron chi connectivity index (χ2n) is 4.32. The van der Waals surface area contributed by atoms with Crippen molar-refractivity contribution in [3.8, 4) is 0 Å². The number of carbonyl (C=O) groups excluding carboxylic acids is 1. The third-order valence-electron chi connectivity index (χ3n) is 2.69. The zero-order chi connectivity index (χ0) is 14.0. The van der Waals surface area contributed by atoms with E-state index in [2.05, 4.69) is 15.5 Å². The normalized spacial score (nSPS) is 16.1. The first-order chi connectivity index (χ1) is 8.99. The number of nitrogens with zero attached hydrogens (tertiary/aromatic N) is 2. The van der Waals surface area contributed by atoms with Crippen LogP contribution in [-0.4, -0.2) is 43.5 Å². The second-order valence-corrected chi connectivity index (χ2v) is 5.27. The Labute approximate surface area is 112 Å². The second kappa shape index (κ2) is 5.47. The Bertz CT molecular complexity index is 548. The van der Waals surface area contributed by atoms with Gasteiger partial charge < -0.3 is 10.4 Å². The molecule has 1 atom stereocenters. The Morgan fingerprint density at radius 1 is 1.63 bits per heavy atom. The Hall–Kier alpha value is -1.77. The standard InChI is InChI=1S/C10H14N4O4S/c1-5(8(17)11-6-2-3-6)14-9(18)12-13-10(14)19-4-7(15)16/h5-6H,2-4H2,1H3,(H,11,17)(H,12,18)(H,15,16). The summed E-state index contributed by atoms with van der Waals surface area (Å²) in [7, 11) is 0. The van der Waals surface area contributed by atoms with Crippen molar-refractivity contribution in [3.63, 3.8) is 0 Å². The van der Waals surface area contributed by atoms with Crippen molar-refractivity contribution in [2.24, 2.45) is 0 Å². The summed E-state index contributed by atoms with van der Waals surface area (Å²) in [5, 5.41) is 17.6. The zero-order valence-electron chi connectivity index (χ0n) is 10.3. The van der Waals surface area contributed by atoms with Crippen LogP contribution in [0.1, 0.15) is 25.8 Å². The number of rotatable bonds is 6. The summed E-state index contributed by atoms with van der Waals surface area (Å²) < 4.78 is 1.17. The third-order valence-corrected chi connectivity index (χ3v) is 3.62. The number of carbonyl (C=O) groups is 2. The summed E-state index contributed by atoms with van der Waals surface area (Å²) in [6.07, 6.45) is 1.92. The van der Waals surface area contributed by atoms with Crippen LogP contribution in [0.5, 0.6) is 0 Å². The number of aliphatic carboxylic acids is 1. The molecule has 0 bridgehead atoms. The SMILES string of the molecule is CC(C(=O)NC1CC1)n1c(SCC(=O)O)n[nH]c1=O. The Balaban J connectivity index is 2.12. The van der Waals surface area contributed by atoms with E-state index in [0.717, 1.165) is 24.6 Å². The summed E-state index contributed by atoms with van der Waals surface area (Å²) in [5.41, 5.74) is -0.522. The quantitative estimate of drug-likeness (QED) is 0.612. The molecule has 1 amide bonds. The monoisotopic (exact) mass is 286 g/mol. The van der Waals surface area contributed by atoms with Gasteiger partial charge >= 0.3 is 11.7 Å². The number of hydrogen-bond donors (Lipinski definition) is 3. The number of hydrogen-bond acceptors (Lipinski definition) is 5. The van der Waals surface area contributed by atoms with Crippen molar-refractivity contribution in [3.05, 3.63) is 10.5 Å². The zero-order valence-corrected chi connectivity index (χ0v) is 11.1. The van der Waals surface area contributed by atoms with Gasteiger partial charge in [-0.2, -0.15) is 0 Å². The highest BCUT2D eigenvalue weighted by atomic mass is 32.2. The number of aromatic amines is 1. The molecule has 1 heterocycles. The van der Waals surface area contributed by atoms with Crippen molar-refractivity contribution in [1.29, 1.82) is 0 Å². The summed E-state index contributed by atoms with van der Waals surface area (Å²) in [4.78, 5) is 34.1. The lowest BCUT2D eigenvalue weighted by Crippen LogP contribution is -2.36. The van der Waals surface area contributed by atoms with Crippen molar-refractivity contribution in [2.75, 3.05) is 5.75 Å². The molecule has 0 aromatic carbocycles. The highest BCUT2D eigenvalue weighted by molar-refractivity contribution is 7.99. The third kappa shape index (κ3) is 3.37. The van der Waals surface area contributed by atoms with Crippen molar-refractivity contribution >= 4 is 23.6 Å². The van der Waals surface area contributed by atoms with Crippen LogP contribution < -0.4 is 11.0 Å². The molecule has 1 aliphatic carbocycles.